The van der Waals surface area contributed by atoms with Crippen molar-refractivity contribution in [3.63, 3.8) is 0 Å². The Bertz CT molecular complexity index is 1480. The summed E-state index contributed by atoms with van der Waals surface area (Å²) in [5.41, 5.74) is 0.435. The molecule has 2 heterocycles. The minimum Gasteiger partial charge on any atom is -0.493 e. The molecule has 0 spiro atoms. The summed E-state index contributed by atoms with van der Waals surface area (Å²) in [5, 5.41) is 8.35. The third kappa shape index (κ3) is 9.55. The van der Waals surface area contributed by atoms with Crippen molar-refractivity contribution in [3.8, 4) is 5.75 Å². The number of amides is 3. The molecule has 1 aliphatic rings. The van der Waals surface area contributed by atoms with Gasteiger partial charge in [0, 0.05) is 37.6 Å². The van der Waals surface area contributed by atoms with E-state index in [1.165, 1.54) is 18.3 Å². The largest absolute Gasteiger partial charge is 0.493 e. The Morgan fingerprint density at radius 1 is 1.00 bits per heavy atom. The summed E-state index contributed by atoms with van der Waals surface area (Å²) >= 11 is 5.86. The maximum absolute atomic E-state index is 14.2. The van der Waals surface area contributed by atoms with Crippen molar-refractivity contribution in [1.29, 1.82) is 0 Å². The van der Waals surface area contributed by atoms with E-state index in [1.54, 1.807) is 39.0 Å². The van der Waals surface area contributed by atoms with Gasteiger partial charge in [0.15, 0.2) is 0 Å². The number of aromatic nitrogens is 1. The summed E-state index contributed by atoms with van der Waals surface area (Å²) in [4.78, 5) is 44.6. The number of carbonyl (C=O) groups excluding carboxylic acids is 3. The Kier molecular flexibility index (Phi) is 11.0. The number of halogens is 2. The van der Waals surface area contributed by atoms with Crippen molar-refractivity contribution >= 4 is 46.7 Å². The second-order valence-corrected chi connectivity index (χ2v) is 11.3. The molecule has 0 saturated carbocycles. The van der Waals surface area contributed by atoms with E-state index in [-0.39, 0.29) is 29.2 Å². The summed E-state index contributed by atoms with van der Waals surface area (Å²) in [7, 11) is 0. The van der Waals surface area contributed by atoms with Gasteiger partial charge in [0.25, 0.3) is 11.8 Å². The average Bonchev–Trinajstić information content (AvgIpc) is 2.98. The van der Waals surface area contributed by atoms with Crippen LogP contribution >= 0.6 is 11.6 Å². The molecule has 3 aromatic rings. The van der Waals surface area contributed by atoms with E-state index < -0.39 is 29.3 Å². The van der Waals surface area contributed by atoms with Crippen molar-refractivity contribution in [2.24, 2.45) is 0 Å². The van der Waals surface area contributed by atoms with E-state index in [2.05, 4.69) is 25.8 Å². The van der Waals surface area contributed by atoms with Crippen LogP contribution in [0.2, 0.25) is 5.02 Å². The first-order chi connectivity index (χ1) is 21.0. The van der Waals surface area contributed by atoms with Gasteiger partial charge < -0.3 is 35.1 Å². The first-order valence-electron chi connectivity index (χ1n) is 14.1. The van der Waals surface area contributed by atoms with Gasteiger partial charge in [0.2, 0.25) is 0 Å². The van der Waals surface area contributed by atoms with Crippen LogP contribution in [0.15, 0.2) is 54.7 Å². The molecular weight excluding hydrogens is 593 g/mol. The van der Waals surface area contributed by atoms with E-state index in [0.717, 1.165) is 17.8 Å². The highest BCUT2D eigenvalue weighted by molar-refractivity contribution is 6.30. The highest BCUT2D eigenvalue weighted by Crippen LogP contribution is 2.29. The fourth-order valence-corrected chi connectivity index (χ4v) is 4.34. The molecule has 234 valence electrons. The zero-order chi connectivity index (χ0) is 31.7. The molecule has 1 saturated heterocycles. The van der Waals surface area contributed by atoms with E-state index in [4.69, 9.17) is 25.8 Å². The Morgan fingerprint density at radius 2 is 1.75 bits per heavy atom. The molecule has 0 radical (unpaired) electrons. The van der Waals surface area contributed by atoms with Gasteiger partial charge in [0.05, 0.1) is 41.7 Å². The molecule has 3 amide bonds. The molecule has 44 heavy (non-hydrogen) atoms. The molecule has 0 aliphatic carbocycles. The van der Waals surface area contributed by atoms with Gasteiger partial charge in [-0.2, -0.15) is 0 Å². The lowest BCUT2D eigenvalue weighted by Gasteiger charge is -2.29. The number of carbonyl (C=O) groups is 3. The number of rotatable bonds is 10. The minimum absolute atomic E-state index is 0.0904. The number of alkyl carbamates (subject to hydrolysis) is 1. The zero-order valence-electron chi connectivity index (χ0n) is 24.7. The van der Waals surface area contributed by atoms with E-state index >= 15 is 0 Å². The number of nitrogens with one attached hydrogen (secondary N) is 3. The van der Waals surface area contributed by atoms with E-state index in [0.29, 0.717) is 50.0 Å². The summed E-state index contributed by atoms with van der Waals surface area (Å²) in [5.74, 6) is -1.38. The third-order valence-corrected chi connectivity index (χ3v) is 6.50. The average molecular weight is 628 g/mol. The zero-order valence-corrected chi connectivity index (χ0v) is 25.5. The smallest absolute Gasteiger partial charge is 0.407 e. The topological polar surface area (TPSA) is 131 Å². The monoisotopic (exact) mass is 627 g/mol. The molecule has 0 atom stereocenters. The SMILES string of the molecule is CC(C)(C)OC(=O)NCCCOc1cc(N2CCOCC2)ccc1C(=O)Nc1ccc(F)cc1C(=O)Nc1ccc(Cl)cn1. The molecule has 1 fully saturated rings. The first-order valence-corrected chi connectivity index (χ1v) is 14.5. The van der Waals surface area contributed by atoms with Crippen LogP contribution in [0.4, 0.5) is 26.4 Å². The molecular formula is C31H35ClFN5O6. The van der Waals surface area contributed by atoms with Crippen molar-refractivity contribution in [1.82, 2.24) is 10.3 Å². The predicted molar refractivity (Wildman–Crippen MR) is 165 cm³/mol. The first kappa shape index (κ1) is 32.5. The number of hydrogen-bond donors (Lipinski definition) is 3. The van der Waals surface area contributed by atoms with Gasteiger partial charge in [-0.3, -0.25) is 9.59 Å². The van der Waals surface area contributed by atoms with E-state index in [1.807, 2.05) is 6.07 Å². The van der Waals surface area contributed by atoms with Gasteiger partial charge in [0.1, 0.15) is 23.0 Å². The number of anilines is 3. The summed E-state index contributed by atoms with van der Waals surface area (Å²) in [6.45, 7) is 8.36. The van der Waals surface area contributed by atoms with Gasteiger partial charge in [-0.15, -0.1) is 0 Å². The van der Waals surface area contributed by atoms with Gasteiger partial charge in [-0.05, 0) is 69.7 Å². The third-order valence-electron chi connectivity index (χ3n) is 6.28. The second kappa shape index (κ2) is 14.8. The highest BCUT2D eigenvalue weighted by Gasteiger charge is 2.21. The molecule has 4 rings (SSSR count). The fourth-order valence-electron chi connectivity index (χ4n) is 4.23. The molecule has 11 nitrogen and oxygen atoms in total. The number of pyridine rings is 1. The summed E-state index contributed by atoms with van der Waals surface area (Å²) < 4.78 is 30.9. The molecule has 3 N–H and O–H groups in total. The van der Waals surface area contributed by atoms with Crippen molar-refractivity contribution in [2.45, 2.75) is 32.8 Å². The maximum Gasteiger partial charge on any atom is 0.407 e. The van der Waals surface area contributed by atoms with Gasteiger partial charge in [-0.25, -0.2) is 14.2 Å². The minimum atomic E-state index is -0.675. The van der Waals surface area contributed by atoms with Crippen LogP contribution in [0.1, 0.15) is 47.9 Å². The van der Waals surface area contributed by atoms with Crippen LogP contribution in [-0.2, 0) is 9.47 Å². The standard InChI is InChI=1S/C31H35ClFN5O6/c1-31(2,3)44-30(41)34-11-4-14-43-26-18-22(38-12-15-42-16-13-38)7-8-23(26)28(39)36-25-9-6-21(33)17-24(25)29(40)37-27-10-5-20(32)19-35-27/h5-10,17-19H,4,11-16H2,1-3H3,(H,34,41)(H,36,39)(H,35,37,40). The van der Waals surface area contributed by atoms with E-state index in [9.17, 15) is 18.8 Å². The molecule has 0 unspecified atom stereocenters. The van der Waals surface area contributed by atoms with Crippen LogP contribution in [-0.4, -0.2) is 67.9 Å². The number of nitrogens with zero attached hydrogens (tertiary/aromatic N) is 2. The summed E-state index contributed by atoms with van der Waals surface area (Å²) in [6.07, 6.45) is 1.28. The lowest BCUT2D eigenvalue weighted by Crippen LogP contribution is -2.36. The Hall–Kier alpha value is -4.42. The molecule has 0 bridgehead atoms. The number of ether oxygens (including phenoxy) is 3. The normalized spacial score (nSPS) is 13.2. The van der Waals surface area contributed by atoms with Crippen molar-refractivity contribution in [2.75, 3.05) is 55.0 Å². The predicted octanol–water partition coefficient (Wildman–Crippen LogP) is 5.51. The maximum atomic E-state index is 14.2. The number of benzene rings is 2. The van der Waals surface area contributed by atoms with Gasteiger partial charge in [-0.1, -0.05) is 11.6 Å². The van der Waals surface area contributed by atoms with Crippen LogP contribution in [0, 0.1) is 5.82 Å². The summed E-state index contributed by atoms with van der Waals surface area (Å²) in [6, 6.07) is 11.7. The molecule has 13 heteroatoms. The molecule has 1 aliphatic heterocycles. The Morgan fingerprint density at radius 3 is 2.45 bits per heavy atom. The van der Waals surface area contributed by atoms with Gasteiger partial charge >= 0.3 is 6.09 Å². The van der Waals surface area contributed by atoms with Crippen LogP contribution < -0.4 is 25.6 Å². The molecule has 2 aromatic carbocycles. The lowest BCUT2D eigenvalue weighted by molar-refractivity contribution is 0.0525. The Balaban J connectivity index is 1.49. The number of hydrogen-bond acceptors (Lipinski definition) is 8. The second-order valence-electron chi connectivity index (χ2n) is 10.9. The fraction of sp³-hybridized carbons (Fsp3) is 0.355. The van der Waals surface area contributed by atoms with Crippen LogP contribution in [0.25, 0.3) is 0 Å². The highest BCUT2D eigenvalue weighted by atomic mass is 35.5. The molecule has 1 aromatic heterocycles. The van der Waals surface area contributed by atoms with Crippen LogP contribution in [0.5, 0.6) is 5.75 Å². The van der Waals surface area contributed by atoms with Crippen molar-refractivity contribution in [3.05, 3.63) is 76.7 Å². The number of morpholine rings is 1. The lowest BCUT2D eigenvalue weighted by atomic mass is 10.1. The quantitative estimate of drug-likeness (QED) is 0.251. The Labute approximate surface area is 260 Å². The van der Waals surface area contributed by atoms with Crippen molar-refractivity contribution < 1.29 is 33.0 Å². The van der Waals surface area contributed by atoms with Crippen LogP contribution in [0.3, 0.4) is 0 Å².